The maximum absolute atomic E-state index is 5.80. The van der Waals surface area contributed by atoms with Crippen LogP contribution < -0.4 is 5.32 Å². The van der Waals surface area contributed by atoms with Gasteiger partial charge in [0.1, 0.15) is 0 Å². The van der Waals surface area contributed by atoms with Gasteiger partial charge in [0, 0.05) is 24.5 Å². The molecular weight excluding hydrogens is 318 g/mol. The monoisotopic (exact) mass is 341 g/mol. The molecule has 0 unspecified atom stereocenters. The molecule has 1 N–H and O–H groups in total. The van der Waals surface area contributed by atoms with E-state index < -0.39 is 0 Å². The number of rotatable bonds is 8. The molecule has 0 saturated heterocycles. The summed E-state index contributed by atoms with van der Waals surface area (Å²) in [5, 5.41) is 3.14. The molecule has 0 aliphatic heterocycles. The van der Waals surface area contributed by atoms with Crippen LogP contribution in [0.15, 0.2) is 64.9 Å². The van der Waals surface area contributed by atoms with Crippen molar-refractivity contribution in [2.45, 2.75) is 20.4 Å². The topological polar surface area (TPSA) is 69.4 Å². The van der Waals surface area contributed by atoms with Crippen LogP contribution >= 0.6 is 0 Å². The van der Waals surface area contributed by atoms with Crippen LogP contribution in [0.2, 0.25) is 0 Å². The Morgan fingerprint density at radius 2 is 1.96 bits per heavy atom. The second kappa shape index (κ2) is 9.32. The summed E-state index contributed by atoms with van der Waals surface area (Å²) in [6.45, 7) is 4.34. The van der Waals surface area contributed by atoms with Crippen LogP contribution in [0.1, 0.15) is 25.2 Å². The minimum atomic E-state index is 0.445. The van der Waals surface area contributed by atoms with Crippen molar-refractivity contribution in [3.05, 3.63) is 71.8 Å². The third kappa shape index (κ3) is 5.84. The smallest absolute Gasteiger partial charge is 0.295 e. The van der Waals surface area contributed by atoms with Crippen molar-refractivity contribution in [1.29, 1.82) is 0 Å². The summed E-state index contributed by atoms with van der Waals surface area (Å²) < 4.78 is 16.2. The number of allylic oxidation sites excluding steroid dienone is 6. The summed E-state index contributed by atoms with van der Waals surface area (Å²) >= 11 is 0. The lowest BCUT2D eigenvalue weighted by Gasteiger charge is -2.03. The lowest BCUT2D eigenvalue weighted by atomic mass is 10.1. The zero-order valence-corrected chi connectivity index (χ0v) is 14.9. The van der Waals surface area contributed by atoms with Crippen LogP contribution in [0.3, 0.4) is 0 Å². The van der Waals surface area contributed by atoms with E-state index in [-0.39, 0.29) is 0 Å². The van der Waals surface area contributed by atoms with Crippen molar-refractivity contribution in [2.24, 2.45) is 0 Å². The largest absolute Gasteiger partial charge is 0.501 e. The van der Waals surface area contributed by atoms with E-state index in [9.17, 15) is 0 Å². The highest BCUT2D eigenvalue weighted by Gasteiger charge is 2.08. The number of oxazole rings is 1. The number of aromatic nitrogens is 2. The lowest BCUT2D eigenvalue weighted by Crippen LogP contribution is -1.99. The molecule has 0 fully saturated rings. The molecule has 0 amide bonds. The van der Waals surface area contributed by atoms with E-state index in [0.717, 1.165) is 22.7 Å². The van der Waals surface area contributed by atoms with Gasteiger partial charge in [-0.25, -0.2) is 4.98 Å². The summed E-state index contributed by atoms with van der Waals surface area (Å²) in [7, 11) is 3.26. The van der Waals surface area contributed by atoms with Gasteiger partial charge in [0.2, 0.25) is 0 Å². The Labute approximate surface area is 147 Å². The third-order valence-electron chi connectivity index (χ3n) is 3.46. The molecule has 0 aliphatic carbocycles. The van der Waals surface area contributed by atoms with E-state index in [1.807, 2.05) is 44.2 Å². The molecule has 25 heavy (non-hydrogen) atoms. The molecule has 6 nitrogen and oxygen atoms in total. The number of hydrogen-bond acceptors (Lipinski definition) is 6. The lowest BCUT2D eigenvalue weighted by molar-refractivity contribution is 0.293. The first kappa shape index (κ1) is 18.3. The van der Waals surface area contributed by atoms with Gasteiger partial charge in [-0.05, 0) is 43.7 Å². The van der Waals surface area contributed by atoms with Crippen molar-refractivity contribution in [2.75, 3.05) is 19.5 Å². The molecule has 0 atom stereocenters. The quantitative estimate of drug-likeness (QED) is 0.574. The summed E-state index contributed by atoms with van der Waals surface area (Å²) in [6.07, 6.45) is 10.8. The fourth-order valence-corrected chi connectivity index (χ4v) is 1.92. The van der Waals surface area contributed by atoms with Gasteiger partial charge in [-0.15, -0.1) is 0 Å². The highest BCUT2D eigenvalue weighted by Crippen LogP contribution is 2.22. The molecule has 2 aromatic rings. The first-order chi connectivity index (χ1) is 12.1. The molecule has 0 bridgehead atoms. The number of hydrogen-bond donors (Lipinski definition) is 1. The fraction of sp³-hybridized carbons (Fsp3) is 0.263. The Kier molecular flexibility index (Phi) is 6.83. The summed E-state index contributed by atoms with van der Waals surface area (Å²) in [5.74, 6) is 2.18. The van der Waals surface area contributed by atoms with E-state index in [2.05, 4.69) is 15.3 Å². The minimum Gasteiger partial charge on any atom is -0.501 e. The molecule has 2 rings (SSSR count). The van der Waals surface area contributed by atoms with Crippen LogP contribution in [-0.4, -0.2) is 24.2 Å². The van der Waals surface area contributed by atoms with Gasteiger partial charge in [-0.1, -0.05) is 6.07 Å². The van der Waals surface area contributed by atoms with Gasteiger partial charge >= 0.3 is 0 Å². The molecule has 0 aromatic carbocycles. The number of methoxy groups -OCH3 is 2. The van der Waals surface area contributed by atoms with Crippen molar-refractivity contribution >= 4 is 11.6 Å². The number of ether oxygens (including phenoxy) is 2. The van der Waals surface area contributed by atoms with Gasteiger partial charge in [-0.2, -0.15) is 0 Å². The Morgan fingerprint density at radius 3 is 2.64 bits per heavy atom. The van der Waals surface area contributed by atoms with Crippen LogP contribution in [-0.2, 0) is 16.0 Å². The number of nitrogens with one attached hydrogen (secondary N) is 1. The zero-order chi connectivity index (χ0) is 18.1. The van der Waals surface area contributed by atoms with Gasteiger partial charge < -0.3 is 19.2 Å². The molecular formula is C19H23N3O3. The average molecular weight is 341 g/mol. The SMILES string of the molecule is CO/C(C)=C/C=C(\C=C(/C)OC)c1cnc(NCc2cccnc2)o1. The number of anilines is 1. The molecule has 6 heteroatoms. The van der Waals surface area contributed by atoms with Crippen LogP contribution in [0, 0.1) is 0 Å². The highest BCUT2D eigenvalue weighted by molar-refractivity contribution is 5.72. The van der Waals surface area contributed by atoms with Gasteiger partial charge in [0.25, 0.3) is 6.01 Å². The molecule has 2 aromatic heterocycles. The molecule has 0 spiro atoms. The molecule has 132 valence electrons. The van der Waals surface area contributed by atoms with E-state index in [1.54, 1.807) is 32.8 Å². The van der Waals surface area contributed by atoms with Crippen molar-refractivity contribution in [3.63, 3.8) is 0 Å². The molecule has 0 aliphatic rings. The van der Waals surface area contributed by atoms with Crippen molar-refractivity contribution in [1.82, 2.24) is 9.97 Å². The first-order valence-corrected chi connectivity index (χ1v) is 7.86. The van der Waals surface area contributed by atoms with E-state index in [1.165, 1.54) is 0 Å². The second-order valence-corrected chi connectivity index (χ2v) is 5.31. The number of pyridine rings is 1. The van der Waals surface area contributed by atoms with Crippen LogP contribution in [0.25, 0.3) is 5.57 Å². The third-order valence-corrected chi connectivity index (χ3v) is 3.46. The number of nitrogens with zero attached hydrogens (tertiary/aromatic N) is 2. The standard InChI is InChI=1S/C19H23N3O3/c1-14(23-3)7-8-17(10-15(2)24-4)18-13-22-19(25-18)21-12-16-6-5-9-20-11-16/h5-11,13H,12H2,1-4H3,(H,21,22)/b14-7+,15-10+,17-8+. The zero-order valence-electron chi connectivity index (χ0n) is 14.9. The van der Waals surface area contributed by atoms with Gasteiger partial charge in [-0.3, -0.25) is 4.98 Å². The van der Waals surface area contributed by atoms with Crippen LogP contribution in [0.4, 0.5) is 6.01 Å². The normalized spacial score (nSPS) is 12.9. The van der Waals surface area contributed by atoms with Gasteiger partial charge in [0.05, 0.1) is 31.9 Å². The van der Waals surface area contributed by atoms with Crippen molar-refractivity contribution < 1.29 is 13.9 Å². The Morgan fingerprint density at radius 1 is 1.16 bits per heavy atom. The Balaban J connectivity index is 2.17. The molecule has 0 saturated carbocycles. The maximum atomic E-state index is 5.80. The van der Waals surface area contributed by atoms with Crippen molar-refractivity contribution in [3.8, 4) is 0 Å². The minimum absolute atomic E-state index is 0.445. The molecule has 2 heterocycles. The average Bonchev–Trinajstić information content (AvgIpc) is 3.12. The van der Waals surface area contributed by atoms with E-state index in [4.69, 9.17) is 13.9 Å². The van der Waals surface area contributed by atoms with Gasteiger partial charge in [0.15, 0.2) is 5.76 Å². The summed E-state index contributed by atoms with van der Waals surface area (Å²) in [6, 6.07) is 4.32. The predicted octanol–water partition coefficient (Wildman–Crippen LogP) is 4.17. The predicted molar refractivity (Wildman–Crippen MR) is 97.6 cm³/mol. The summed E-state index contributed by atoms with van der Waals surface area (Å²) in [5.41, 5.74) is 1.88. The Bertz CT molecular complexity index is 761. The highest BCUT2D eigenvalue weighted by atomic mass is 16.5. The summed E-state index contributed by atoms with van der Waals surface area (Å²) in [4.78, 5) is 8.35. The fourth-order valence-electron chi connectivity index (χ4n) is 1.92. The second-order valence-electron chi connectivity index (χ2n) is 5.31. The van der Waals surface area contributed by atoms with Crippen LogP contribution in [0.5, 0.6) is 0 Å². The Hall–Kier alpha value is -3.02. The first-order valence-electron chi connectivity index (χ1n) is 7.86. The van der Waals surface area contributed by atoms with E-state index >= 15 is 0 Å². The molecule has 0 radical (unpaired) electrons. The maximum Gasteiger partial charge on any atom is 0.295 e. The van der Waals surface area contributed by atoms with E-state index in [0.29, 0.717) is 18.3 Å².